The topological polar surface area (TPSA) is 64.7 Å². The number of hydrogen-bond acceptors (Lipinski definition) is 3. The Labute approximate surface area is 161 Å². The van der Waals surface area contributed by atoms with E-state index in [9.17, 15) is 4.79 Å². The van der Waals surface area contributed by atoms with Gasteiger partial charge in [0.2, 0.25) is 5.91 Å². The van der Waals surface area contributed by atoms with E-state index < -0.39 is 5.91 Å². The Morgan fingerprint density at radius 3 is 2.65 bits per heavy atom. The van der Waals surface area contributed by atoms with E-state index in [-0.39, 0.29) is 6.61 Å². The molecule has 0 aliphatic heterocycles. The molecule has 0 saturated heterocycles. The lowest BCUT2D eigenvalue weighted by atomic mass is 9.97. The predicted octanol–water partition coefficient (Wildman–Crippen LogP) is 4.99. The number of nitrogens with zero attached hydrogens (tertiary/aromatic N) is 1. The van der Waals surface area contributed by atoms with Crippen LogP contribution in [0.2, 0.25) is 10.0 Å². The van der Waals surface area contributed by atoms with Crippen molar-refractivity contribution in [3.8, 4) is 0 Å². The van der Waals surface area contributed by atoms with Crippen LogP contribution in [0.1, 0.15) is 21.5 Å². The van der Waals surface area contributed by atoms with Crippen LogP contribution >= 0.6 is 23.2 Å². The SMILES string of the molecule is NC(=O)c1c(CC=NOCc2ccc(Cl)c(Cl)c2)ccc2ccccc12. The summed E-state index contributed by atoms with van der Waals surface area (Å²) in [6, 6.07) is 16.7. The molecule has 0 radical (unpaired) electrons. The van der Waals surface area contributed by atoms with Gasteiger partial charge in [-0.2, -0.15) is 0 Å². The van der Waals surface area contributed by atoms with Crippen LogP contribution in [0.15, 0.2) is 59.8 Å². The number of rotatable bonds is 6. The minimum absolute atomic E-state index is 0.272. The van der Waals surface area contributed by atoms with Crippen molar-refractivity contribution in [3.05, 3.63) is 81.3 Å². The van der Waals surface area contributed by atoms with E-state index >= 15 is 0 Å². The molecule has 132 valence electrons. The van der Waals surface area contributed by atoms with Crippen molar-refractivity contribution < 1.29 is 9.63 Å². The highest BCUT2D eigenvalue weighted by Crippen LogP contribution is 2.23. The fourth-order valence-corrected chi connectivity index (χ4v) is 3.03. The smallest absolute Gasteiger partial charge is 0.249 e. The molecule has 0 aliphatic carbocycles. The van der Waals surface area contributed by atoms with Crippen molar-refractivity contribution in [2.24, 2.45) is 10.9 Å². The third-order valence-corrected chi connectivity index (χ3v) is 4.68. The third-order valence-electron chi connectivity index (χ3n) is 3.94. The number of nitrogens with two attached hydrogens (primary N) is 1. The molecule has 1 amide bonds. The van der Waals surface area contributed by atoms with Crippen molar-refractivity contribution in [1.29, 1.82) is 0 Å². The summed E-state index contributed by atoms with van der Waals surface area (Å²) in [7, 11) is 0. The van der Waals surface area contributed by atoms with Crippen LogP contribution in [0, 0.1) is 0 Å². The second kappa shape index (κ2) is 8.21. The standard InChI is InChI=1S/C20H16Cl2N2O2/c21-17-8-5-13(11-18(17)22)12-26-24-10-9-15-7-6-14-3-1-2-4-16(14)19(15)20(23)25/h1-8,10-11H,9,12H2,(H2,23,25). The van der Waals surface area contributed by atoms with Gasteiger partial charge in [0.15, 0.2) is 0 Å². The molecule has 2 N–H and O–H groups in total. The van der Waals surface area contributed by atoms with Crippen molar-refractivity contribution in [2.45, 2.75) is 13.0 Å². The van der Waals surface area contributed by atoms with Gasteiger partial charge < -0.3 is 10.6 Å². The van der Waals surface area contributed by atoms with E-state index in [1.807, 2.05) is 42.5 Å². The summed E-state index contributed by atoms with van der Waals surface area (Å²) in [6.07, 6.45) is 2.04. The van der Waals surface area contributed by atoms with Crippen LogP contribution in [0.3, 0.4) is 0 Å². The molecule has 4 nitrogen and oxygen atoms in total. The maximum atomic E-state index is 11.9. The summed E-state index contributed by atoms with van der Waals surface area (Å²) in [5.41, 5.74) is 7.75. The third kappa shape index (κ3) is 4.15. The number of oxime groups is 1. The van der Waals surface area contributed by atoms with Gasteiger partial charge in [-0.15, -0.1) is 0 Å². The minimum atomic E-state index is -0.457. The fourth-order valence-electron chi connectivity index (χ4n) is 2.71. The first-order valence-corrected chi connectivity index (χ1v) is 8.70. The lowest BCUT2D eigenvalue weighted by molar-refractivity contribution is 0.100. The number of carbonyl (C=O) groups is 1. The van der Waals surface area contributed by atoms with Gasteiger partial charge in [-0.1, -0.05) is 70.8 Å². The average molecular weight is 387 g/mol. The molecule has 0 saturated carbocycles. The van der Waals surface area contributed by atoms with E-state index in [0.29, 0.717) is 22.0 Å². The van der Waals surface area contributed by atoms with E-state index in [4.69, 9.17) is 33.8 Å². The highest BCUT2D eigenvalue weighted by Gasteiger charge is 2.11. The molecule has 0 aliphatic rings. The molecule has 0 unspecified atom stereocenters. The molecule has 3 aromatic carbocycles. The number of halogens is 2. The van der Waals surface area contributed by atoms with Gasteiger partial charge in [0, 0.05) is 12.6 Å². The number of hydrogen-bond donors (Lipinski definition) is 1. The molecule has 0 heterocycles. The molecule has 0 bridgehead atoms. The quantitative estimate of drug-likeness (QED) is 0.478. The second-order valence-corrected chi connectivity index (χ2v) is 6.51. The van der Waals surface area contributed by atoms with E-state index in [0.717, 1.165) is 21.9 Å². The lowest BCUT2D eigenvalue weighted by Crippen LogP contribution is -2.14. The van der Waals surface area contributed by atoms with Gasteiger partial charge in [0.05, 0.1) is 15.6 Å². The normalized spacial score (nSPS) is 11.2. The van der Waals surface area contributed by atoms with Crippen LogP contribution in [0.5, 0.6) is 0 Å². The summed E-state index contributed by atoms with van der Waals surface area (Å²) in [5.74, 6) is -0.457. The number of primary amides is 1. The number of benzene rings is 3. The summed E-state index contributed by atoms with van der Waals surface area (Å²) in [4.78, 5) is 17.2. The maximum Gasteiger partial charge on any atom is 0.249 e. The first-order chi connectivity index (χ1) is 12.6. The van der Waals surface area contributed by atoms with E-state index in [1.54, 1.807) is 18.3 Å². The van der Waals surface area contributed by atoms with Gasteiger partial charge in [0.25, 0.3) is 0 Å². The highest BCUT2D eigenvalue weighted by atomic mass is 35.5. The first kappa shape index (κ1) is 18.2. The fraction of sp³-hybridized carbons (Fsp3) is 0.100. The Morgan fingerprint density at radius 2 is 1.88 bits per heavy atom. The average Bonchev–Trinajstić information content (AvgIpc) is 2.63. The Morgan fingerprint density at radius 1 is 1.08 bits per heavy atom. The van der Waals surface area contributed by atoms with Crippen molar-refractivity contribution >= 4 is 46.1 Å². The van der Waals surface area contributed by atoms with Crippen LogP contribution in [0.4, 0.5) is 0 Å². The lowest BCUT2D eigenvalue weighted by Gasteiger charge is -2.08. The van der Waals surface area contributed by atoms with Crippen LogP contribution in [-0.2, 0) is 17.9 Å². The van der Waals surface area contributed by atoms with Crippen LogP contribution in [-0.4, -0.2) is 12.1 Å². The first-order valence-electron chi connectivity index (χ1n) is 7.94. The largest absolute Gasteiger partial charge is 0.391 e. The van der Waals surface area contributed by atoms with Crippen molar-refractivity contribution in [2.75, 3.05) is 0 Å². The predicted molar refractivity (Wildman–Crippen MR) is 106 cm³/mol. The molecule has 6 heteroatoms. The molecular weight excluding hydrogens is 371 g/mol. The number of carbonyl (C=O) groups excluding carboxylic acids is 1. The molecular formula is C20H16Cl2N2O2. The summed E-state index contributed by atoms with van der Waals surface area (Å²) < 4.78 is 0. The molecule has 0 aromatic heterocycles. The van der Waals surface area contributed by atoms with Gasteiger partial charge in [-0.05, 0) is 34.0 Å². The Bertz CT molecular complexity index is 987. The van der Waals surface area contributed by atoms with Gasteiger partial charge in [0.1, 0.15) is 6.61 Å². The Balaban J connectivity index is 1.69. The zero-order valence-electron chi connectivity index (χ0n) is 13.8. The van der Waals surface area contributed by atoms with Crippen LogP contribution in [0.25, 0.3) is 10.8 Å². The molecule has 0 atom stereocenters. The zero-order chi connectivity index (χ0) is 18.5. The molecule has 0 spiro atoms. The summed E-state index contributed by atoms with van der Waals surface area (Å²) in [6.45, 7) is 0.272. The molecule has 26 heavy (non-hydrogen) atoms. The summed E-state index contributed by atoms with van der Waals surface area (Å²) >= 11 is 11.8. The zero-order valence-corrected chi connectivity index (χ0v) is 15.3. The van der Waals surface area contributed by atoms with Gasteiger partial charge >= 0.3 is 0 Å². The van der Waals surface area contributed by atoms with E-state index in [1.165, 1.54) is 0 Å². The summed E-state index contributed by atoms with van der Waals surface area (Å²) in [5, 5.41) is 6.71. The van der Waals surface area contributed by atoms with Gasteiger partial charge in [-0.3, -0.25) is 4.79 Å². The van der Waals surface area contributed by atoms with Crippen molar-refractivity contribution in [1.82, 2.24) is 0 Å². The highest BCUT2D eigenvalue weighted by molar-refractivity contribution is 6.42. The monoisotopic (exact) mass is 386 g/mol. The second-order valence-electron chi connectivity index (χ2n) is 5.70. The van der Waals surface area contributed by atoms with E-state index in [2.05, 4.69) is 5.16 Å². The van der Waals surface area contributed by atoms with Gasteiger partial charge in [-0.25, -0.2) is 0 Å². The minimum Gasteiger partial charge on any atom is -0.391 e. The maximum absolute atomic E-state index is 11.9. The van der Waals surface area contributed by atoms with Crippen LogP contribution < -0.4 is 5.73 Å². The Kier molecular flexibility index (Phi) is 5.76. The molecule has 3 rings (SSSR count). The van der Waals surface area contributed by atoms with Crippen molar-refractivity contribution in [3.63, 3.8) is 0 Å². The molecule has 3 aromatic rings. The molecule has 0 fully saturated rings. The Hall–Kier alpha value is -2.56. The number of amides is 1. The number of fused-ring (bicyclic) bond motifs is 1.